The largest absolute Gasteiger partial charge is 0.386 e. The Morgan fingerprint density at radius 3 is 2.96 bits per heavy atom. The number of hydrogen-bond donors (Lipinski definition) is 1. The molecule has 0 radical (unpaired) electrons. The predicted octanol–water partition coefficient (Wildman–Crippen LogP) is 2.49. The van der Waals surface area contributed by atoms with Gasteiger partial charge in [-0.3, -0.25) is 0 Å². The van der Waals surface area contributed by atoms with Crippen molar-refractivity contribution in [3.63, 3.8) is 0 Å². The summed E-state index contributed by atoms with van der Waals surface area (Å²) in [6.45, 7) is 0.395. The van der Waals surface area contributed by atoms with E-state index >= 15 is 0 Å². The lowest BCUT2D eigenvalue weighted by molar-refractivity contribution is 0.179. The van der Waals surface area contributed by atoms with Gasteiger partial charge in [0, 0.05) is 12.7 Å². The van der Waals surface area contributed by atoms with Crippen molar-refractivity contribution >= 4 is 11.6 Å². The third kappa shape index (κ3) is 3.29. The number of aromatic nitrogens is 1. The number of halogens is 1. The second kappa shape index (κ2) is 6.44. The van der Waals surface area contributed by atoms with Crippen molar-refractivity contribution in [3.05, 3.63) is 65.2 Å². The van der Waals surface area contributed by atoms with Crippen molar-refractivity contribution in [1.29, 1.82) is 5.26 Å². The number of nitrogens with one attached hydrogen (secondary N) is 1. The van der Waals surface area contributed by atoms with Crippen molar-refractivity contribution in [2.75, 3.05) is 12.1 Å². The minimum atomic E-state index is -0.413. The average molecular weight is 312 g/mol. The summed E-state index contributed by atoms with van der Waals surface area (Å²) in [6.07, 6.45) is 2.79. The quantitative estimate of drug-likeness (QED) is 0.935. The van der Waals surface area contributed by atoms with Crippen LogP contribution in [0.3, 0.4) is 0 Å². The van der Waals surface area contributed by atoms with Gasteiger partial charge in [0.1, 0.15) is 11.6 Å². The molecule has 0 fully saturated rings. The van der Waals surface area contributed by atoms with Crippen LogP contribution in [-0.2, 0) is 16.2 Å². The minimum Gasteiger partial charge on any atom is -0.386 e. The zero-order chi connectivity index (χ0) is 16.2. The molecule has 2 heterocycles. The molecule has 3 rings (SSSR count). The van der Waals surface area contributed by atoms with Crippen molar-refractivity contribution in [2.45, 2.75) is 6.61 Å². The third-order valence-corrected chi connectivity index (χ3v) is 3.18. The Morgan fingerprint density at radius 1 is 1.39 bits per heavy atom. The van der Waals surface area contributed by atoms with Crippen molar-refractivity contribution in [2.24, 2.45) is 0 Å². The van der Waals surface area contributed by atoms with Gasteiger partial charge in [0.05, 0.1) is 30.6 Å². The van der Waals surface area contributed by atoms with Gasteiger partial charge in [-0.25, -0.2) is 14.4 Å². The number of anilines is 1. The molecule has 2 aromatic rings. The smallest absolute Gasteiger partial charge is 0.174 e. The Kier molecular flexibility index (Phi) is 4.19. The number of benzene rings is 1. The van der Waals surface area contributed by atoms with E-state index in [1.807, 2.05) is 6.07 Å². The Hall–Kier alpha value is -2.95. The van der Waals surface area contributed by atoms with Crippen LogP contribution in [0.4, 0.5) is 10.2 Å². The highest BCUT2D eigenvalue weighted by atomic mass is 19.1. The van der Waals surface area contributed by atoms with Gasteiger partial charge in [0.25, 0.3) is 0 Å². The first-order valence-electron chi connectivity index (χ1n) is 6.78. The number of ether oxygens (including phenoxy) is 1. The van der Waals surface area contributed by atoms with Crippen LogP contribution in [0.1, 0.15) is 16.7 Å². The Balaban J connectivity index is 1.90. The molecule has 6 nitrogen and oxygen atoms in total. The van der Waals surface area contributed by atoms with Crippen LogP contribution < -0.4 is 10.6 Å². The third-order valence-electron chi connectivity index (χ3n) is 3.18. The molecule has 0 saturated carbocycles. The van der Waals surface area contributed by atoms with Gasteiger partial charge in [0.15, 0.2) is 5.76 Å². The van der Waals surface area contributed by atoms with Crippen LogP contribution in [0.25, 0.3) is 5.76 Å². The van der Waals surface area contributed by atoms with E-state index in [4.69, 9.17) is 14.8 Å². The van der Waals surface area contributed by atoms with Crippen molar-refractivity contribution < 1.29 is 14.0 Å². The summed E-state index contributed by atoms with van der Waals surface area (Å²) >= 11 is 0. The van der Waals surface area contributed by atoms with E-state index < -0.39 is 5.82 Å². The van der Waals surface area contributed by atoms with Crippen molar-refractivity contribution in [3.8, 4) is 6.07 Å². The normalized spacial score (nSPS) is 13.4. The van der Waals surface area contributed by atoms with Crippen LogP contribution in [0, 0.1) is 17.1 Å². The van der Waals surface area contributed by atoms with Gasteiger partial charge in [-0.05, 0) is 35.9 Å². The summed E-state index contributed by atoms with van der Waals surface area (Å²) < 4.78 is 18.0. The van der Waals surface area contributed by atoms with Crippen LogP contribution in [-0.4, -0.2) is 12.1 Å². The summed E-state index contributed by atoms with van der Waals surface area (Å²) in [6, 6.07) is 10.3. The molecule has 0 saturated heterocycles. The number of pyridine rings is 1. The van der Waals surface area contributed by atoms with Crippen LogP contribution in [0.2, 0.25) is 0 Å². The van der Waals surface area contributed by atoms with E-state index in [0.717, 1.165) is 17.3 Å². The lowest BCUT2D eigenvalue weighted by Gasteiger charge is -2.11. The zero-order valence-electron chi connectivity index (χ0n) is 12.3. The summed E-state index contributed by atoms with van der Waals surface area (Å²) in [5, 5.41) is 10.6. The van der Waals surface area contributed by atoms with Gasteiger partial charge in [-0.15, -0.1) is 0 Å². The maximum absolute atomic E-state index is 12.9. The zero-order valence-corrected chi connectivity index (χ0v) is 12.3. The van der Waals surface area contributed by atoms with Gasteiger partial charge in [0.2, 0.25) is 0 Å². The lowest BCUT2D eigenvalue weighted by atomic mass is 10.1. The highest BCUT2D eigenvalue weighted by molar-refractivity contribution is 5.66. The van der Waals surface area contributed by atoms with E-state index in [-0.39, 0.29) is 0 Å². The summed E-state index contributed by atoms with van der Waals surface area (Å²) in [5.41, 5.74) is 4.78. The maximum Gasteiger partial charge on any atom is 0.174 e. The highest BCUT2D eigenvalue weighted by Gasteiger charge is 2.18. The van der Waals surface area contributed by atoms with Gasteiger partial charge >= 0.3 is 0 Å². The van der Waals surface area contributed by atoms with Gasteiger partial charge < -0.3 is 9.57 Å². The Bertz CT molecular complexity index is 784. The molecule has 1 aromatic heterocycles. The van der Waals surface area contributed by atoms with Gasteiger partial charge in [-0.2, -0.15) is 5.26 Å². The standard InChI is InChI=1S/C16H13FN4O2/c1-22-10-12-4-11(7-18)5-13(6-12)15-9-21(20-23-15)16-3-2-14(17)8-19-16/h2-6,8-9,20H,10H2,1H3. The van der Waals surface area contributed by atoms with Crippen LogP contribution in [0.5, 0.6) is 0 Å². The molecule has 23 heavy (non-hydrogen) atoms. The van der Waals surface area contributed by atoms with E-state index in [1.54, 1.807) is 25.4 Å². The molecule has 0 amide bonds. The fourth-order valence-electron chi connectivity index (χ4n) is 2.17. The van der Waals surface area contributed by atoms with E-state index in [9.17, 15) is 4.39 Å². The predicted molar refractivity (Wildman–Crippen MR) is 80.7 cm³/mol. The average Bonchev–Trinajstić information content (AvgIpc) is 3.05. The molecule has 116 valence electrons. The SMILES string of the molecule is COCc1cc(C#N)cc(C2=CN(c3ccc(F)cn3)NO2)c1. The molecule has 7 heteroatoms. The highest BCUT2D eigenvalue weighted by Crippen LogP contribution is 2.25. The second-order valence-electron chi connectivity index (χ2n) is 4.85. The number of hydrazine groups is 1. The molecule has 1 aromatic carbocycles. The lowest BCUT2D eigenvalue weighted by Crippen LogP contribution is -2.27. The topological polar surface area (TPSA) is 70.4 Å². The summed E-state index contributed by atoms with van der Waals surface area (Å²) in [4.78, 5) is 9.38. The molecule has 0 aliphatic carbocycles. The molecule has 1 N–H and O–H groups in total. The summed E-state index contributed by atoms with van der Waals surface area (Å²) in [7, 11) is 1.59. The van der Waals surface area contributed by atoms with Crippen LogP contribution in [0.15, 0.2) is 42.7 Å². The first-order chi connectivity index (χ1) is 11.2. The molecular weight excluding hydrogens is 299 g/mol. The first kappa shape index (κ1) is 15.0. The fraction of sp³-hybridized carbons (Fsp3) is 0.125. The molecule has 1 aliphatic heterocycles. The second-order valence-corrected chi connectivity index (χ2v) is 4.85. The molecule has 0 atom stereocenters. The maximum atomic E-state index is 12.9. The Labute approximate surface area is 132 Å². The number of nitrogens with zero attached hydrogens (tertiary/aromatic N) is 3. The van der Waals surface area contributed by atoms with Crippen molar-refractivity contribution in [1.82, 2.24) is 10.6 Å². The van der Waals surface area contributed by atoms with E-state index in [0.29, 0.717) is 23.7 Å². The van der Waals surface area contributed by atoms with Crippen LogP contribution >= 0.6 is 0 Å². The minimum absolute atomic E-state index is 0.395. The number of nitriles is 1. The van der Waals surface area contributed by atoms with E-state index in [1.165, 1.54) is 17.1 Å². The molecule has 1 aliphatic rings. The fourth-order valence-corrected chi connectivity index (χ4v) is 2.17. The van der Waals surface area contributed by atoms with Gasteiger partial charge in [-0.1, -0.05) is 5.59 Å². The number of methoxy groups -OCH3 is 1. The molecule has 0 bridgehead atoms. The monoisotopic (exact) mass is 312 g/mol. The molecular formula is C16H13FN4O2. The molecule has 0 unspecified atom stereocenters. The number of hydrogen-bond acceptors (Lipinski definition) is 6. The van der Waals surface area contributed by atoms with E-state index in [2.05, 4.69) is 16.6 Å². The molecule has 0 spiro atoms. The Morgan fingerprint density at radius 2 is 2.26 bits per heavy atom. The summed E-state index contributed by atoms with van der Waals surface area (Å²) in [5.74, 6) is 0.588. The first-order valence-corrected chi connectivity index (χ1v) is 6.78. The number of rotatable bonds is 4.